The molecular weight excluding hydrogens is 212 g/mol. The number of aromatic nitrogens is 3. The number of nitrogens with one attached hydrogen (secondary N) is 1. The van der Waals surface area contributed by atoms with Gasteiger partial charge in [0, 0.05) is 12.7 Å². The van der Waals surface area contributed by atoms with Crippen LogP contribution >= 0.6 is 0 Å². The Morgan fingerprint density at radius 3 is 3.19 bits per heavy atom. The van der Waals surface area contributed by atoms with Crippen LogP contribution in [0.1, 0.15) is 10.4 Å². The predicted molar refractivity (Wildman–Crippen MR) is 55.1 cm³/mol. The number of hydrogen-bond acceptors (Lipinski definition) is 5. The fourth-order valence-corrected chi connectivity index (χ4v) is 1.32. The Morgan fingerprint density at radius 2 is 2.44 bits per heavy atom. The third kappa shape index (κ3) is 1.68. The van der Waals surface area contributed by atoms with Crippen molar-refractivity contribution in [3.8, 4) is 0 Å². The van der Waals surface area contributed by atoms with Crippen LogP contribution in [0.15, 0.2) is 23.1 Å². The van der Waals surface area contributed by atoms with Crippen LogP contribution in [0.4, 0.5) is 0 Å². The molecule has 0 unspecified atom stereocenters. The molecule has 2 aromatic heterocycles. The molecule has 0 amide bonds. The van der Waals surface area contributed by atoms with E-state index in [1.54, 1.807) is 6.07 Å². The van der Waals surface area contributed by atoms with E-state index >= 15 is 0 Å². The van der Waals surface area contributed by atoms with E-state index < -0.39 is 11.7 Å². The maximum absolute atomic E-state index is 11.6. The van der Waals surface area contributed by atoms with Gasteiger partial charge in [-0.3, -0.25) is 0 Å². The summed E-state index contributed by atoms with van der Waals surface area (Å²) in [7, 11) is 0. The Balaban J connectivity index is 2.44. The summed E-state index contributed by atoms with van der Waals surface area (Å²) in [5.41, 5.74) is 5.29. The molecule has 0 radical (unpaired) electrons. The lowest BCUT2D eigenvalue weighted by Crippen LogP contribution is -2.15. The average Bonchev–Trinajstić information content (AvgIpc) is 2.68. The van der Waals surface area contributed by atoms with Crippen molar-refractivity contribution in [2.45, 2.75) is 0 Å². The molecule has 0 fully saturated rings. The molecule has 0 aliphatic heterocycles. The number of nitrogens with two attached hydrogens (primary N) is 1. The van der Waals surface area contributed by atoms with Gasteiger partial charge in [-0.2, -0.15) is 5.10 Å². The third-order valence-corrected chi connectivity index (χ3v) is 2.01. The van der Waals surface area contributed by atoms with Crippen molar-refractivity contribution in [3.05, 3.63) is 34.4 Å². The molecule has 7 nitrogen and oxygen atoms in total. The summed E-state index contributed by atoms with van der Waals surface area (Å²) in [5.74, 6) is -0.546. The average molecular weight is 222 g/mol. The number of hydrogen-bond donors (Lipinski definition) is 2. The number of fused-ring (bicyclic) bond motifs is 1. The summed E-state index contributed by atoms with van der Waals surface area (Å²) in [6, 6.07) is 3.11. The van der Waals surface area contributed by atoms with E-state index in [4.69, 9.17) is 10.5 Å². The van der Waals surface area contributed by atoms with E-state index in [-0.39, 0.29) is 24.4 Å². The van der Waals surface area contributed by atoms with Crippen LogP contribution in [0.5, 0.6) is 0 Å². The smallest absolute Gasteiger partial charge is 0.347 e. The Labute approximate surface area is 89.8 Å². The lowest BCUT2D eigenvalue weighted by atomic mass is 10.3. The number of aromatic amines is 1. The summed E-state index contributed by atoms with van der Waals surface area (Å²) in [6.07, 6.45) is 1.51. The van der Waals surface area contributed by atoms with Crippen molar-refractivity contribution in [2.24, 2.45) is 5.73 Å². The summed E-state index contributed by atoms with van der Waals surface area (Å²) in [4.78, 5) is 22.8. The van der Waals surface area contributed by atoms with Gasteiger partial charge < -0.3 is 10.5 Å². The number of carbonyl (C=O) groups excluding carboxylic acids is 1. The monoisotopic (exact) mass is 222 g/mol. The molecule has 0 aromatic carbocycles. The fourth-order valence-electron chi connectivity index (χ4n) is 1.32. The molecule has 0 saturated carbocycles. The minimum absolute atomic E-state index is 0.133. The first-order valence-electron chi connectivity index (χ1n) is 4.67. The SMILES string of the molecule is NCCOC(=O)c1cccn2c(=O)[nH]nc12. The van der Waals surface area contributed by atoms with Crippen LogP contribution in [-0.2, 0) is 4.74 Å². The van der Waals surface area contributed by atoms with Crippen molar-refractivity contribution in [1.29, 1.82) is 0 Å². The van der Waals surface area contributed by atoms with E-state index in [0.717, 1.165) is 0 Å². The number of carbonyl (C=O) groups is 1. The molecule has 84 valence electrons. The van der Waals surface area contributed by atoms with E-state index in [1.165, 1.54) is 16.7 Å². The van der Waals surface area contributed by atoms with Crippen LogP contribution in [-0.4, -0.2) is 33.7 Å². The van der Waals surface area contributed by atoms with E-state index in [0.29, 0.717) is 0 Å². The molecule has 0 saturated heterocycles. The number of esters is 1. The second-order valence-electron chi connectivity index (χ2n) is 3.07. The molecule has 3 N–H and O–H groups in total. The molecule has 0 atom stereocenters. The highest BCUT2D eigenvalue weighted by Gasteiger charge is 2.13. The second kappa shape index (κ2) is 4.15. The molecule has 16 heavy (non-hydrogen) atoms. The normalized spacial score (nSPS) is 10.6. The van der Waals surface area contributed by atoms with Crippen LogP contribution in [0.2, 0.25) is 0 Å². The Hall–Kier alpha value is -2.15. The maximum Gasteiger partial charge on any atom is 0.347 e. The van der Waals surface area contributed by atoms with Crippen LogP contribution in [0, 0.1) is 0 Å². The zero-order valence-corrected chi connectivity index (χ0v) is 8.34. The van der Waals surface area contributed by atoms with Gasteiger partial charge in [-0.15, -0.1) is 0 Å². The molecule has 2 rings (SSSR count). The van der Waals surface area contributed by atoms with Crippen molar-refractivity contribution in [1.82, 2.24) is 14.6 Å². The first kappa shape index (κ1) is 10.4. The number of pyridine rings is 1. The van der Waals surface area contributed by atoms with Crippen LogP contribution < -0.4 is 11.4 Å². The first-order valence-corrected chi connectivity index (χ1v) is 4.67. The van der Waals surface area contributed by atoms with Crippen LogP contribution in [0.25, 0.3) is 5.65 Å². The van der Waals surface area contributed by atoms with Gasteiger partial charge in [-0.1, -0.05) is 0 Å². The predicted octanol–water partition coefficient (Wildman–Crippen LogP) is -0.862. The zero-order valence-electron chi connectivity index (χ0n) is 8.34. The summed E-state index contributed by atoms with van der Waals surface area (Å²) in [5, 5.41) is 5.99. The molecule has 7 heteroatoms. The standard InChI is InChI=1S/C9H10N4O3/c10-3-5-16-8(14)6-2-1-4-13-7(6)11-12-9(13)15/h1-2,4H,3,5,10H2,(H,12,15). The Bertz CT molecular complexity index is 571. The minimum Gasteiger partial charge on any atom is -0.461 e. The minimum atomic E-state index is -0.546. The molecule has 0 spiro atoms. The highest BCUT2D eigenvalue weighted by Crippen LogP contribution is 2.07. The van der Waals surface area contributed by atoms with Crippen molar-refractivity contribution in [2.75, 3.05) is 13.2 Å². The Morgan fingerprint density at radius 1 is 1.62 bits per heavy atom. The van der Waals surface area contributed by atoms with Crippen LogP contribution in [0.3, 0.4) is 0 Å². The van der Waals surface area contributed by atoms with Gasteiger partial charge in [0.1, 0.15) is 12.2 Å². The van der Waals surface area contributed by atoms with Gasteiger partial charge in [0.2, 0.25) is 0 Å². The van der Waals surface area contributed by atoms with Crippen molar-refractivity contribution in [3.63, 3.8) is 0 Å². The van der Waals surface area contributed by atoms with Gasteiger partial charge in [0.25, 0.3) is 0 Å². The Kier molecular flexibility index (Phi) is 2.69. The summed E-state index contributed by atoms with van der Waals surface area (Å²) in [6.45, 7) is 0.386. The van der Waals surface area contributed by atoms with Crippen molar-refractivity contribution < 1.29 is 9.53 Å². The van der Waals surface area contributed by atoms with E-state index in [9.17, 15) is 9.59 Å². The quantitative estimate of drug-likeness (QED) is 0.658. The maximum atomic E-state index is 11.6. The van der Waals surface area contributed by atoms with Gasteiger partial charge >= 0.3 is 11.7 Å². The topological polar surface area (TPSA) is 102 Å². The van der Waals surface area contributed by atoms with E-state index in [2.05, 4.69) is 10.2 Å². The van der Waals surface area contributed by atoms with Gasteiger partial charge in [-0.05, 0) is 12.1 Å². The van der Waals surface area contributed by atoms with E-state index in [1.807, 2.05) is 0 Å². The molecule has 0 aliphatic carbocycles. The number of nitrogens with zero attached hydrogens (tertiary/aromatic N) is 2. The molecule has 0 aliphatic rings. The highest BCUT2D eigenvalue weighted by atomic mass is 16.5. The summed E-state index contributed by atoms with van der Waals surface area (Å²) < 4.78 is 6.10. The zero-order chi connectivity index (χ0) is 11.5. The number of H-pyrrole nitrogens is 1. The highest BCUT2D eigenvalue weighted by molar-refractivity contribution is 5.95. The van der Waals surface area contributed by atoms with Gasteiger partial charge in [0.15, 0.2) is 5.65 Å². The van der Waals surface area contributed by atoms with Gasteiger partial charge in [0.05, 0.1) is 0 Å². The lowest BCUT2D eigenvalue weighted by Gasteiger charge is -2.03. The summed E-state index contributed by atoms with van der Waals surface area (Å²) >= 11 is 0. The first-order chi connectivity index (χ1) is 7.74. The fraction of sp³-hybridized carbons (Fsp3) is 0.222. The lowest BCUT2D eigenvalue weighted by molar-refractivity contribution is 0.0518. The van der Waals surface area contributed by atoms with Gasteiger partial charge in [-0.25, -0.2) is 19.1 Å². The molecule has 2 aromatic rings. The van der Waals surface area contributed by atoms with Crippen molar-refractivity contribution >= 4 is 11.6 Å². The number of ether oxygens (including phenoxy) is 1. The molecular formula is C9H10N4O3. The third-order valence-electron chi connectivity index (χ3n) is 2.01. The largest absolute Gasteiger partial charge is 0.461 e. The molecule has 2 heterocycles. The molecule has 0 bridgehead atoms. The number of rotatable bonds is 3. The second-order valence-corrected chi connectivity index (χ2v) is 3.07.